The fraction of sp³-hybridized carbons (Fsp3) is 0.304. The SMILES string of the molecule is COc1ccccc1NC(=O)C(=O)N/N=C(\C)CC(=O)Nc1cccc2c1CCCC2. The third-order valence-corrected chi connectivity index (χ3v) is 5.00. The molecule has 0 saturated heterocycles. The first kappa shape index (κ1) is 22.0. The fourth-order valence-corrected chi connectivity index (χ4v) is 3.49. The lowest BCUT2D eigenvalue weighted by Crippen LogP contribution is -2.33. The van der Waals surface area contributed by atoms with Crippen LogP contribution in [0.25, 0.3) is 0 Å². The molecule has 3 N–H and O–H groups in total. The van der Waals surface area contributed by atoms with E-state index in [9.17, 15) is 14.4 Å². The van der Waals surface area contributed by atoms with E-state index in [1.54, 1.807) is 31.2 Å². The van der Waals surface area contributed by atoms with Gasteiger partial charge in [0.25, 0.3) is 0 Å². The molecule has 3 rings (SSSR count). The number of rotatable bonds is 6. The van der Waals surface area contributed by atoms with Crippen LogP contribution in [0.5, 0.6) is 5.75 Å². The highest BCUT2D eigenvalue weighted by Crippen LogP contribution is 2.28. The van der Waals surface area contributed by atoms with Gasteiger partial charge >= 0.3 is 11.8 Å². The van der Waals surface area contributed by atoms with Crippen molar-refractivity contribution in [3.05, 3.63) is 53.6 Å². The smallest absolute Gasteiger partial charge is 0.329 e. The number of anilines is 2. The van der Waals surface area contributed by atoms with Gasteiger partial charge in [0.1, 0.15) is 5.75 Å². The highest BCUT2D eigenvalue weighted by molar-refractivity contribution is 6.39. The van der Waals surface area contributed by atoms with Crippen LogP contribution < -0.4 is 20.8 Å². The van der Waals surface area contributed by atoms with Gasteiger partial charge in [0.05, 0.1) is 19.2 Å². The number of hydrogen-bond donors (Lipinski definition) is 3. The number of hydrogen-bond acceptors (Lipinski definition) is 5. The molecule has 2 aromatic carbocycles. The van der Waals surface area contributed by atoms with Crippen molar-refractivity contribution in [2.24, 2.45) is 5.10 Å². The van der Waals surface area contributed by atoms with E-state index in [1.807, 2.05) is 12.1 Å². The highest BCUT2D eigenvalue weighted by Gasteiger charge is 2.17. The van der Waals surface area contributed by atoms with E-state index < -0.39 is 11.8 Å². The van der Waals surface area contributed by atoms with Crippen LogP contribution >= 0.6 is 0 Å². The van der Waals surface area contributed by atoms with Crippen molar-refractivity contribution < 1.29 is 19.1 Å². The lowest BCUT2D eigenvalue weighted by Gasteiger charge is -2.19. The van der Waals surface area contributed by atoms with Crippen molar-refractivity contribution in [3.8, 4) is 5.75 Å². The molecule has 0 radical (unpaired) electrons. The number of fused-ring (bicyclic) bond motifs is 1. The zero-order valence-corrected chi connectivity index (χ0v) is 17.7. The molecule has 8 heteroatoms. The third kappa shape index (κ3) is 5.91. The fourth-order valence-electron chi connectivity index (χ4n) is 3.49. The number of para-hydroxylation sites is 2. The number of hydrazone groups is 1. The topological polar surface area (TPSA) is 109 Å². The molecule has 0 atom stereocenters. The predicted molar refractivity (Wildman–Crippen MR) is 119 cm³/mol. The van der Waals surface area contributed by atoms with E-state index >= 15 is 0 Å². The standard InChI is InChI=1S/C23H26N4O4/c1-15(14-21(28)24-18-12-7-9-16-8-3-4-10-17(16)18)26-27-23(30)22(29)25-19-11-5-6-13-20(19)31-2/h5-7,9,11-13H,3-4,8,10,14H2,1-2H3,(H,24,28)(H,25,29)(H,27,30)/b26-15+. The Balaban J connectivity index is 1.53. The molecule has 0 fully saturated rings. The van der Waals surface area contributed by atoms with Gasteiger partial charge in [-0.1, -0.05) is 24.3 Å². The summed E-state index contributed by atoms with van der Waals surface area (Å²) in [5, 5.41) is 9.26. The van der Waals surface area contributed by atoms with E-state index in [0.717, 1.165) is 24.9 Å². The average Bonchev–Trinajstić information content (AvgIpc) is 2.78. The number of nitrogens with zero attached hydrogens (tertiary/aromatic N) is 1. The maximum atomic E-state index is 12.4. The zero-order valence-electron chi connectivity index (χ0n) is 17.7. The average molecular weight is 422 g/mol. The lowest BCUT2D eigenvalue weighted by molar-refractivity contribution is -0.136. The summed E-state index contributed by atoms with van der Waals surface area (Å²) in [4.78, 5) is 36.5. The third-order valence-electron chi connectivity index (χ3n) is 5.00. The number of methoxy groups -OCH3 is 1. The van der Waals surface area contributed by atoms with Crippen molar-refractivity contribution in [2.45, 2.75) is 39.0 Å². The molecular formula is C23H26N4O4. The lowest BCUT2D eigenvalue weighted by atomic mass is 9.90. The molecule has 0 heterocycles. The summed E-state index contributed by atoms with van der Waals surface area (Å²) in [6, 6.07) is 12.7. The monoisotopic (exact) mass is 422 g/mol. The Morgan fingerprint density at radius 2 is 1.68 bits per heavy atom. The Bertz CT molecular complexity index is 1020. The molecule has 0 bridgehead atoms. The second-order valence-corrected chi connectivity index (χ2v) is 7.32. The summed E-state index contributed by atoms with van der Waals surface area (Å²) in [7, 11) is 1.47. The van der Waals surface area contributed by atoms with Crippen LogP contribution in [0.3, 0.4) is 0 Å². The largest absolute Gasteiger partial charge is 0.495 e. The molecule has 0 spiro atoms. The summed E-state index contributed by atoms with van der Waals surface area (Å²) in [5.41, 5.74) is 6.22. The normalized spacial score (nSPS) is 13.0. The van der Waals surface area contributed by atoms with Crippen LogP contribution in [0, 0.1) is 0 Å². The van der Waals surface area contributed by atoms with Crippen molar-refractivity contribution in [1.29, 1.82) is 0 Å². The summed E-state index contributed by atoms with van der Waals surface area (Å²) in [5.74, 6) is -1.62. The first-order valence-corrected chi connectivity index (χ1v) is 10.2. The number of carbonyl (C=O) groups is 3. The molecule has 3 amide bonds. The van der Waals surface area contributed by atoms with E-state index in [-0.39, 0.29) is 12.3 Å². The molecule has 1 aliphatic carbocycles. The van der Waals surface area contributed by atoms with Crippen molar-refractivity contribution in [2.75, 3.05) is 17.7 Å². The second kappa shape index (κ2) is 10.4. The molecule has 162 valence electrons. The van der Waals surface area contributed by atoms with Crippen molar-refractivity contribution >= 4 is 34.8 Å². The number of amides is 3. The van der Waals surface area contributed by atoms with Gasteiger partial charge in [-0.15, -0.1) is 0 Å². The minimum absolute atomic E-state index is 0.00191. The predicted octanol–water partition coefficient (Wildman–Crippen LogP) is 3.03. The van der Waals surface area contributed by atoms with Gasteiger partial charge in [0, 0.05) is 11.4 Å². The molecule has 31 heavy (non-hydrogen) atoms. The summed E-state index contributed by atoms with van der Waals surface area (Å²) in [6.45, 7) is 1.61. The molecule has 0 unspecified atom stereocenters. The van der Waals surface area contributed by atoms with E-state index in [2.05, 4.69) is 27.2 Å². The number of benzene rings is 2. The van der Waals surface area contributed by atoms with Gasteiger partial charge in [0.15, 0.2) is 0 Å². The first-order chi connectivity index (χ1) is 15.0. The molecule has 0 saturated carbocycles. The van der Waals surface area contributed by atoms with Gasteiger partial charge in [-0.2, -0.15) is 5.10 Å². The molecular weight excluding hydrogens is 396 g/mol. The Kier molecular flexibility index (Phi) is 7.37. The quantitative estimate of drug-likeness (QED) is 0.378. The van der Waals surface area contributed by atoms with Gasteiger partial charge in [0.2, 0.25) is 5.91 Å². The van der Waals surface area contributed by atoms with Crippen LogP contribution in [0.1, 0.15) is 37.3 Å². The molecule has 8 nitrogen and oxygen atoms in total. The molecule has 1 aliphatic rings. The van der Waals surface area contributed by atoms with Crippen molar-refractivity contribution in [1.82, 2.24) is 5.43 Å². The van der Waals surface area contributed by atoms with Crippen molar-refractivity contribution in [3.63, 3.8) is 0 Å². The van der Waals surface area contributed by atoms with E-state index in [0.29, 0.717) is 17.1 Å². The maximum Gasteiger partial charge on any atom is 0.329 e. The molecule has 0 aromatic heterocycles. The number of aryl methyl sites for hydroxylation is 1. The summed E-state index contributed by atoms with van der Waals surface area (Å²) >= 11 is 0. The van der Waals surface area contributed by atoms with Gasteiger partial charge in [-0.3, -0.25) is 14.4 Å². The van der Waals surface area contributed by atoms with Crippen LogP contribution in [0.15, 0.2) is 47.6 Å². The Labute approximate surface area is 181 Å². The zero-order chi connectivity index (χ0) is 22.2. The van der Waals surface area contributed by atoms with Crippen LogP contribution in [0.4, 0.5) is 11.4 Å². The number of ether oxygens (including phenoxy) is 1. The maximum absolute atomic E-state index is 12.4. The van der Waals surface area contributed by atoms with E-state index in [4.69, 9.17) is 4.74 Å². The van der Waals surface area contributed by atoms with Gasteiger partial charge in [-0.25, -0.2) is 5.43 Å². The Morgan fingerprint density at radius 3 is 2.48 bits per heavy atom. The minimum atomic E-state index is -0.942. The highest BCUT2D eigenvalue weighted by atomic mass is 16.5. The number of carbonyl (C=O) groups excluding carboxylic acids is 3. The minimum Gasteiger partial charge on any atom is -0.495 e. The van der Waals surface area contributed by atoms with Gasteiger partial charge < -0.3 is 15.4 Å². The van der Waals surface area contributed by atoms with E-state index in [1.165, 1.54) is 24.7 Å². The van der Waals surface area contributed by atoms with Crippen LogP contribution in [0.2, 0.25) is 0 Å². The van der Waals surface area contributed by atoms with Crippen LogP contribution in [-0.2, 0) is 27.2 Å². The summed E-state index contributed by atoms with van der Waals surface area (Å²) < 4.78 is 5.13. The second-order valence-electron chi connectivity index (χ2n) is 7.32. The summed E-state index contributed by atoms with van der Waals surface area (Å²) in [6.07, 6.45) is 4.26. The number of nitrogens with one attached hydrogen (secondary N) is 3. The molecule has 2 aromatic rings. The molecule has 0 aliphatic heterocycles. The van der Waals surface area contributed by atoms with Crippen LogP contribution in [-0.4, -0.2) is 30.5 Å². The Morgan fingerprint density at radius 1 is 0.935 bits per heavy atom. The van der Waals surface area contributed by atoms with Gasteiger partial charge in [-0.05, 0) is 61.9 Å². The first-order valence-electron chi connectivity index (χ1n) is 10.2. The Hall–Kier alpha value is -3.68.